The van der Waals surface area contributed by atoms with Gasteiger partial charge >= 0.3 is 0 Å². The monoisotopic (exact) mass is 198 g/mol. The fourth-order valence-corrected chi connectivity index (χ4v) is 1.58. The molecule has 0 atom stereocenters. The predicted molar refractivity (Wildman–Crippen MR) is 56.1 cm³/mol. The number of carbonyl (C=O) groups excluding carboxylic acids is 1. The van der Waals surface area contributed by atoms with Crippen LogP contribution in [0.5, 0.6) is 0 Å². The Labute approximate surface area is 82.2 Å². The molecule has 1 rings (SSSR count). The molecule has 0 aliphatic carbocycles. The van der Waals surface area contributed by atoms with E-state index >= 15 is 0 Å². The van der Waals surface area contributed by atoms with Gasteiger partial charge in [-0.15, -0.1) is 0 Å². The largest absolute Gasteiger partial charge is 0.384 e. The van der Waals surface area contributed by atoms with Gasteiger partial charge in [0.1, 0.15) is 0 Å². The molecule has 0 aromatic carbocycles. The van der Waals surface area contributed by atoms with Crippen molar-refractivity contribution in [3.63, 3.8) is 0 Å². The van der Waals surface area contributed by atoms with Crippen molar-refractivity contribution in [1.82, 2.24) is 5.32 Å². The van der Waals surface area contributed by atoms with Crippen LogP contribution in [0.4, 0.5) is 5.69 Å². The third-order valence-electron chi connectivity index (χ3n) is 1.58. The second-order valence-corrected chi connectivity index (χ2v) is 3.42. The van der Waals surface area contributed by atoms with E-state index in [4.69, 9.17) is 0 Å². The molecule has 0 spiro atoms. The minimum Gasteiger partial charge on any atom is -0.384 e. The van der Waals surface area contributed by atoms with E-state index in [-0.39, 0.29) is 5.91 Å². The van der Waals surface area contributed by atoms with Gasteiger partial charge in [0.05, 0.1) is 0 Å². The van der Waals surface area contributed by atoms with Gasteiger partial charge in [-0.2, -0.15) is 11.3 Å². The lowest BCUT2D eigenvalue weighted by atomic mass is 10.4. The SMILES string of the molecule is CCNC(=O)CCNc1ccsc1. The molecule has 1 heterocycles. The minimum absolute atomic E-state index is 0.102. The van der Waals surface area contributed by atoms with E-state index in [0.717, 1.165) is 5.69 Å². The summed E-state index contributed by atoms with van der Waals surface area (Å²) in [5.74, 6) is 0.102. The smallest absolute Gasteiger partial charge is 0.221 e. The van der Waals surface area contributed by atoms with Gasteiger partial charge in [0.2, 0.25) is 5.91 Å². The molecule has 1 aromatic rings. The number of amides is 1. The predicted octanol–water partition coefficient (Wildman–Crippen LogP) is 1.69. The Morgan fingerprint density at radius 2 is 2.46 bits per heavy atom. The highest BCUT2D eigenvalue weighted by atomic mass is 32.1. The Morgan fingerprint density at radius 3 is 3.08 bits per heavy atom. The van der Waals surface area contributed by atoms with Crippen LogP contribution in [0.25, 0.3) is 0 Å². The zero-order valence-electron chi connectivity index (χ0n) is 7.67. The maximum atomic E-state index is 11.0. The quantitative estimate of drug-likeness (QED) is 0.756. The molecule has 0 saturated carbocycles. The van der Waals surface area contributed by atoms with Crippen LogP contribution in [0.1, 0.15) is 13.3 Å². The number of thiophene rings is 1. The summed E-state index contributed by atoms with van der Waals surface area (Å²) in [5.41, 5.74) is 1.09. The molecule has 0 radical (unpaired) electrons. The first kappa shape index (κ1) is 10.1. The van der Waals surface area contributed by atoms with Crippen molar-refractivity contribution in [2.75, 3.05) is 18.4 Å². The Kier molecular flexibility index (Phi) is 4.32. The van der Waals surface area contributed by atoms with Crippen LogP contribution < -0.4 is 10.6 Å². The average molecular weight is 198 g/mol. The van der Waals surface area contributed by atoms with Crippen LogP contribution in [0.2, 0.25) is 0 Å². The van der Waals surface area contributed by atoms with Gasteiger partial charge < -0.3 is 10.6 Å². The first-order chi connectivity index (χ1) is 6.33. The highest BCUT2D eigenvalue weighted by Crippen LogP contribution is 2.11. The normalized spacial score (nSPS) is 9.62. The maximum absolute atomic E-state index is 11.0. The van der Waals surface area contributed by atoms with Crippen molar-refractivity contribution < 1.29 is 4.79 Å². The molecule has 1 aromatic heterocycles. The van der Waals surface area contributed by atoms with Gasteiger partial charge in [-0.1, -0.05) is 0 Å². The van der Waals surface area contributed by atoms with E-state index < -0.39 is 0 Å². The fourth-order valence-electron chi connectivity index (χ4n) is 0.971. The molecule has 0 unspecified atom stereocenters. The minimum atomic E-state index is 0.102. The molecule has 0 saturated heterocycles. The van der Waals surface area contributed by atoms with Crippen LogP contribution in [-0.2, 0) is 4.79 Å². The summed E-state index contributed by atoms with van der Waals surface area (Å²) in [4.78, 5) is 11.0. The molecule has 0 aliphatic rings. The second-order valence-electron chi connectivity index (χ2n) is 2.64. The zero-order valence-corrected chi connectivity index (χ0v) is 8.49. The number of anilines is 1. The third kappa shape index (κ3) is 3.94. The number of carbonyl (C=O) groups is 1. The maximum Gasteiger partial charge on any atom is 0.221 e. The Morgan fingerprint density at radius 1 is 1.62 bits per heavy atom. The summed E-state index contributed by atoms with van der Waals surface area (Å²) in [5, 5.41) is 9.95. The average Bonchev–Trinajstić information content (AvgIpc) is 2.57. The van der Waals surface area contributed by atoms with Crippen LogP contribution >= 0.6 is 11.3 Å². The lowest BCUT2D eigenvalue weighted by Gasteiger charge is -2.03. The molecule has 3 nitrogen and oxygen atoms in total. The molecule has 2 N–H and O–H groups in total. The molecule has 0 fully saturated rings. The zero-order chi connectivity index (χ0) is 9.52. The summed E-state index contributed by atoms with van der Waals surface area (Å²) in [7, 11) is 0. The van der Waals surface area contributed by atoms with Gasteiger partial charge in [0.15, 0.2) is 0 Å². The lowest BCUT2D eigenvalue weighted by molar-refractivity contribution is -0.120. The van der Waals surface area contributed by atoms with Crippen molar-refractivity contribution in [3.8, 4) is 0 Å². The Bertz CT molecular complexity index is 246. The lowest BCUT2D eigenvalue weighted by Crippen LogP contribution is -2.24. The number of hydrogen-bond acceptors (Lipinski definition) is 3. The summed E-state index contributed by atoms with van der Waals surface area (Å²) in [6, 6.07) is 2.00. The van der Waals surface area contributed by atoms with E-state index in [2.05, 4.69) is 10.6 Å². The molecule has 72 valence electrons. The Hall–Kier alpha value is -1.03. The fraction of sp³-hybridized carbons (Fsp3) is 0.444. The Balaban J connectivity index is 2.11. The topological polar surface area (TPSA) is 41.1 Å². The van der Waals surface area contributed by atoms with Crippen molar-refractivity contribution in [2.24, 2.45) is 0 Å². The van der Waals surface area contributed by atoms with E-state index in [9.17, 15) is 4.79 Å². The van der Waals surface area contributed by atoms with Crippen molar-refractivity contribution in [2.45, 2.75) is 13.3 Å². The molecule has 0 aliphatic heterocycles. The van der Waals surface area contributed by atoms with Gasteiger partial charge in [-0.3, -0.25) is 4.79 Å². The van der Waals surface area contributed by atoms with E-state index in [1.165, 1.54) is 0 Å². The third-order valence-corrected chi connectivity index (χ3v) is 2.26. The van der Waals surface area contributed by atoms with Crippen LogP contribution in [0.15, 0.2) is 16.8 Å². The van der Waals surface area contributed by atoms with Gasteiger partial charge in [-0.05, 0) is 18.4 Å². The highest BCUT2D eigenvalue weighted by molar-refractivity contribution is 7.08. The van der Waals surface area contributed by atoms with E-state index in [1.807, 2.05) is 23.8 Å². The second kappa shape index (κ2) is 5.59. The van der Waals surface area contributed by atoms with Crippen LogP contribution in [0.3, 0.4) is 0 Å². The highest BCUT2D eigenvalue weighted by Gasteiger charge is 1.98. The molecular formula is C9H14N2OS. The summed E-state index contributed by atoms with van der Waals surface area (Å²) >= 11 is 1.65. The molecule has 4 heteroatoms. The molecule has 13 heavy (non-hydrogen) atoms. The van der Waals surface area contributed by atoms with Crippen LogP contribution in [0, 0.1) is 0 Å². The van der Waals surface area contributed by atoms with E-state index in [0.29, 0.717) is 19.5 Å². The molecule has 1 amide bonds. The number of rotatable bonds is 5. The van der Waals surface area contributed by atoms with Crippen molar-refractivity contribution >= 4 is 22.9 Å². The molecular weight excluding hydrogens is 184 g/mol. The first-order valence-electron chi connectivity index (χ1n) is 4.35. The standard InChI is InChI=1S/C9H14N2OS/c1-2-10-9(12)3-5-11-8-4-6-13-7-8/h4,6-7,11H,2-3,5H2,1H3,(H,10,12). The van der Waals surface area contributed by atoms with Gasteiger partial charge in [0, 0.05) is 30.6 Å². The summed E-state index contributed by atoms with van der Waals surface area (Å²) in [6.07, 6.45) is 0.531. The number of hydrogen-bond donors (Lipinski definition) is 2. The van der Waals surface area contributed by atoms with Gasteiger partial charge in [-0.25, -0.2) is 0 Å². The van der Waals surface area contributed by atoms with Gasteiger partial charge in [0.25, 0.3) is 0 Å². The summed E-state index contributed by atoms with van der Waals surface area (Å²) in [6.45, 7) is 3.32. The number of nitrogens with one attached hydrogen (secondary N) is 2. The summed E-state index contributed by atoms with van der Waals surface area (Å²) < 4.78 is 0. The van der Waals surface area contributed by atoms with Crippen LogP contribution in [-0.4, -0.2) is 19.0 Å². The van der Waals surface area contributed by atoms with Crippen molar-refractivity contribution in [1.29, 1.82) is 0 Å². The van der Waals surface area contributed by atoms with Crippen molar-refractivity contribution in [3.05, 3.63) is 16.8 Å². The first-order valence-corrected chi connectivity index (χ1v) is 5.30. The molecule has 0 bridgehead atoms. The van der Waals surface area contributed by atoms with E-state index in [1.54, 1.807) is 11.3 Å².